The molecule has 1 N–H and O–H groups in total. The lowest BCUT2D eigenvalue weighted by atomic mass is 10.2. The summed E-state index contributed by atoms with van der Waals surface area (Å²) < 4.78 is 7.74. The third kappa shape index (κ3) is 4.05. The first kappa shape index (κ1) is 15.0. The summed E-state index contributed by atoms with van der Waals surface area (Å²) in [6.07, 6.45) is 2.59. The Kier molecular flexibility index (Phi) is 4.62. The Morgan fingerprint density at radius 1 is 1.24 bits per heavy atom. The quantitative estimate of drug-likeness (QED) is 0.754. The van der Waals surface area contributed by atoms with Crippen molar-refractivity contribution >= 4 is 31.9 Å². The smallest absolute Gasteiger partial charge is 0.219 e. The van der Waals surface area contributed by atoms with Gasteiger partial charge in [0.05, 0.1) is 4.47 Å². The summed E-state index contributed by atoms with van der Waals surface area (Å²) in [6, 6.07) is 10.5. The molecule has 21 heavy (non-hydrogen) atoms. The van der Waals surface area contributed by atoms with E-state index in [-0.39, 0.29) is 0 Å². The van der Waals surface area contributed by atoms with Crippen molar-refractivity contribution in [1.82, 2.24) is 10.3 Å². The zero-order valence-electron chi connectivity index (χ0n) is 11.7. The molecule has 1 saturated carbocycles. The highest BCUT2D eigenvalue weighted by molar-refractivity contribution is 9.11. The number of aryl methyl sites for hydroxylation is 1. The minimum atomic E-state index is 0.616. The molecule has 1 aromatic heterocycles. The summed E-state index contributed by atoms with van der Waals surface area (Å²) in [5, 5.41) is 3.50. The van der Waals surface area contributed by atoms with Crippen LogP contribution in [0.5, 0.6) is 11.6 Å². The first-order chi connectivity index (χ1) is 10.1. The van der Waals surface area contributed by atoms with Crippen molar-refractivity contribution < 1.29 is 4.74 Å². The van der Waals surface area contributed by atoms with Gasteiger partial charge in [0, 0.05) is 28.8 Å². The van der Waals surface area contributed by atoms with Crippen LogP contribution in [0.25, 0.3) is 0 Å². The lowest BCUT2D eigenvalue weighted by Crippen LogP contribution is -2.16. The molecule has 0 radical (unpaired) electrons. The molecule has 110 valence electrons. The van der Waals surface area contributed by atoms with Gasteiger partial charge in [-0.1, -0.05) is 22.0 Å². The number of aromatic nitrogens is 1. The molecule has 0 amide bonds. The first-order valence-electron chi connectivity index (χ1n) is 6.94. The van der Waals surface area contributed by atoms with E-state index in [4.69, 9.17) is 4.74 Å². The third-order valence-corrected chi connectivity index (χ3v) is 4.55. The number of pyridine rings is 1. The summed E-state index contributed by atoms with van der Waals surface area (Å²) in [6.45, 7) is 2.90. The fourth-order valence-electron chi connectivity index (χ4n) is 2.02. The summed E-state index contributed by atoms with van der Waals surface area (Å²) in [4.78, 5) is 4.54. The summed E-state index contributed by atoms with van der Waals surface area (Å²) in [7, 11) is 0. The Morgan fingerprint density at radius 3 is 2.71 bits per heavy atom. The molecule has 5 heteroatoms. The monoisotopic (exact) mass is 410 g/mol. The number of halogens is 2. The summed E-state index contributed by atoms with van der Waals surface area (Å²) in [5.74, 6) is 1.37. The van der Waals surface area contributed by atoms with Gasteiger partial charge in [0.15, 0.2) is 0 Å². The second-order valence-electron chi connectivity index (χ2n) is 5.23. The molecular formula is C16H16Br2N2O. The molecule has 0 aliphatic heterocycles. The second-order valence-corrected chi connectivity index (χ2v) is 7.00. The van der Waals surface area contributed by atoms with Gasteiger partial charge >= 0.3 is 0 Å². The van der Waals surface area contributed by atoms with Crippen LogP contribution in [0.4, 0.5) is 0 Å². The zero-order valence-corrected chi connectivity index (χ0v) is 14.9. The van der Waals surface area contributed by atoms with Gasteiger partial charge in [0.1, 0.15) is 5.75 Å². The van der Waals surface area contributed by atoms with Crippen LogP contribution < -0.4 is 10.1 Å². The lowest BCUT2D eigenvalue weighted by molar-refractivity contribution is 0.458. The highest BCUT2D eigenvalue weighted by atomic mass is 79.9. The van der Waals surface area contributed by atoms with E-state index in [0.29, 0.717) is 11.9 Å². The minimum Gasteiger partial charge on any atom is -0.438 e. The summed E-state index contributed by atoms with van der Waals surface area (Å²) in [5.41, 5.74) is 2.23. The van der Waals surface area contributed by atoms with Crippen LogP contribution in [0.2, 0.25) is 0 Å². The van der Waals surface area contributed by atoms with Crippen molar-refractivity contribution in [3.63, 3.8) is 0 Å². The van der Waals surface area contributed by atoms with Crippen molar-refractivity contribution in [3.05, 3.63) is 50.5 Å². The van der Waals surface area contributed by atoms with Gasteiger partial charge in [-0.15, -0.1) is 0 Å². The van der Waals surface area contributed by atoms with Crippen LogP contribution >= 0.6 is 31.9 Å². The number of rotatable bonds is 5. The molecule has 1 fully saturated rings. The van der Waals surface area contributed by atoms with Gasteiger partial charge in [0.25, 0.3) is 0 Å². The average molecular weight is 412 g/mol. The molecule has 0 spiro atoms. The highest BCUT2D eigenvalue weighted by Crippen LogP contribution is 2.31. The second kappa shape index (κ2) is 6.46. The Balaban J connectivity index is 1.71. The molecule has 0 unspecified atom stereocenters. The number of ether oxygens (including phenoxy) is 1. The standard InChI is InChI=1S/C16H16Br2N2O/c1-10-11(9-19-13-4-5-13)2-7-16(20-10)21-15-6-3-12(17)8-14(15)18/h2-3,6-8,13,19H,4-5,9H2,1H3. The van der Waals surface area contributed by atoms with E-state index in [9.17, 15) is 0 Å². The Labute approximate surface area is 141 Å². The maximum Gasteiger partial charge on any atom is 0.219 e. The van der Waals surface area contributed by atoms with E-state index >= 15 is 0 Å². The fourth-order valence-corrected chi connectivity index (χ4v) is 3.15. The molecule has 2 aromatic rings. The van der Waals surface area contributed by atoms with E-state index in [2.05, 4.69) is 48.2 Å². The number of hydrogen-bond donors (Lipinski definition) is 1. The molecule has 0 saturated heterocycles. The number of nitrogens with one attached hydrogen (secondary N) is 1. The maximum atomic E-state index is 5.84. The predicted octanol–water partition coefficient (Wildman–Crippen LogP) is 4.96. The SMILES string of the molecule is Cc1nc(Oc2ccc(Br)cc2Br)ccc1CNC1CC1. The van der Waals surface area contributed by atoms with Crippen LogP contribution in [0.1, 0.15) is 24.1 Å². The first-order valence-corrected chi connectivity index (χ1v) is 8.53. The molecule has 0 atom stereocenters. The molecule has 1 heterocycles. The van der Waals surface area contributed by atoms with Crippen LogP contribution in [0.15, 0.2) is 39.3 Å². The molecule has 3 nitrogen and oxygen atoms in total. The average Bonchev–Trinajstić information content (AvgIpc) is 3.25. The minimum absolute atomic E-state index is 0.616. The molecule has 1 aliphatic rings. The molecule has 0 bridgehead atoms. The van der Waals surface area contributed by atoms with E-state index in [0.717, 1.165) is 26.9 Å². The molecule has 3 rings (SSSR count). The number of benzene rings is 1. The highest BCUT2D eigenvalue weighted by Gasteiger charge is 2.20. The number of nitrogens with zero attached hydrogens (tertiary/aromatic N) is 1. The number of hydrogen-bond acceptors (Lipinski definition) is 3. The van der Waals surface area contributed by atoms with Gasteiger partial charge in [-0.25, -0.2) is 4.98 Å². The van der Waals surface area contributed by atoms with Gasteiger partial charge in [0.2, 0.25) is 5.88 Å². The molecule has 1 aliphatic carbocycles. The largest absolute Gasteiger partial charge is 0.438 e. The normalized spacial score (nSPS) is 14.2. The van der Waals surface area contributed by atoms with Crippen LogP contribution in [0.3, 0.4) is 0 Å². The predicted molar refractivity (Wildman–Crippen MR) is 90.8 cm³/mol. The van der Waals surface area contributed by atoms with Gasteiger partial charge in [-0.05, 0) is 59.5 Å². The third-order valence-electron chi connectivity index (χ3n) is 3.44. The topological polar surface area (TPSA) is 34.1 Å². The van der Waals surface area contributed by atoms with Gasteiger partial charge < -0.3 is 10.1 Å². The fraction of sp³-hybridized carbons (Fsp3) is 0.312. The van der Waals surface area contributed by atoms with Crippen LogP contribution in [-0.2, 0) is 6.54 Å². The van der Waals surface area contributed by atoms with Crippen LogP contribution in [0, 0.1) is 6.92 Å². The van der Waals surface area contributed by atoms with Crippen LogP contribution in [-0.4, -0.2) is 11.0 Å². The molecule has 1 aromatic carbocycles. The van der Waals surface area contributed by atoms with Gasteiger partial charge in [-0.3, -0.25) is 0 Å². The van der Waals surface area contributed by atoms with E-state index in [1.54, 1.807) is 0 Å². The lowest BCUT2D eigenvalue weighted by Gasteiger charge is -2.10. The van der Waals surface area contributed by atoms with Crippen molar-refractivity contribution in [1.29, 1.82) is 0 Å². The van der Waals surface area contributed by atoms with Crippen molar-refractivity contribution in [2.45, 2.75) is 32.4 Å². The van der Waals surface area contributed by atoms with Crippen molar-refractivity contribution in [2.24, 2.45) is 0 Å². The van der Waals surface area contributed by atoms with Crippen molar-refractivity contribution in [3.8, 4) is 11.6 Å². The zero-order chi connectivity index (χ0) is 14.8. The van der Waals surface area contributed by atoms with E-state index in [1.165, 1.54) is 18.4 Å². The van der Waals surface area contributed by atoms with Gasteiger partial charge in [-0.2, -0.15) is 0 Å². The maximum absolute atomic E-state index is 5.84. The molecular weight excluding hydrogens is 396 g/mol. The Morgan fingerprint density at radius 2 is 2.05 bits per heavy atom. The van der Waals surface area contributed by atoms with E-state index in [1.807, 2.05) is 31.2 Å². The van der Waals surface area contributed by atoms with E-state index < -0.39 is 0 Å². The Hall–Kier alpha value is -0.910. The summed E-state index contributed by atoms with van der Waals surface area (Å²) >= 11 is 6.92. The Bertz CT molecular complexity index is 657. The van der Waals surface area contributed by atoms with Crippen molar-refractivity contribution in [2.75, 3.05) is 0 Å².